The molecule has 100 valence electrons. The second kappa shape index (κ2) is 5.71. The molecule has 0 amide bonds. The predicted molar refractivity (Wildman–Crippen MR) is 70.8 cm³/mol. The Hall–Kier alpha value is -1.08. The molecule has 0 bridgehead atoms. The van der Waals surface area contributed by atoms with E-state index in [1.54, 1.807) is 7.05 Å². The van der Waals surface area contributed by atoms with Gasteiger partial charge in [-0.3, -0.25) is 19.4 Å². The van der Waals surface area contributed by atoms with Gasteiger partial charge in [-0.05, 0) is 18.8 Å². The van der Waals surface area contributed by atoms with E-state index in [0.29, 0.717) is 11.1 Å². The van der Waals surface area contributed by atoms with Crippen LogP contribution in [0.5, 0.6) is 0 Å². The highest BCUT2D eigenvalue weighted by atomic mass is 32.2. The average Bonchev–Trinajstić information content (AvgIpc) is 2.85. The fraction of sp³-hybridized carbons (Fsp3) is 0.727. The molecule has 1 aliphatic carbocycles. The molecule has 0 spiro atoms. The number of aromatic amines is 1. The molecule has 1 unspecified atom stereocenters. The van der Waals surface area contributed by atoms with E-state index < -0.39 is 11.1 Å². The van der Waals surface area contributed by atoms with Gasteiger partial charge in [-0.2, -0.15) is 4.98 Å². The minimum Gasteiger partial charge on any atom is -0.327 e. The van der Waals surface area contributed by atoms with Crippen LogP contribution in [-0.4, -0.2) is 26.6 Å². The SMILES string of the molecule is Cn1[nH]c(=O)c(=O)nc1SCC(N)C1CCCC1. The number of thioether (sulfide) groups is 1. The van der Waals surface area contributed by atoms with Crippen molar-refractivity contribution in [3.05, 3.63) is 20.7 Å². The smallest absolute Gasteiger partial charge is 0.327 e. The molecule has 2 rings (SSSR count). The maximum atomic E-state index is 11.2. The second-order valence-corrected chi connectivity index (χ2v) is 5.71. The van der Waals surface area contributed by atoms with Crippen molar-refractivity contribution in [2.24, 2.45) is 18.7 Å². The first kappa shape index (κ1) is 13.4. The van der Waals surface area contributed by atoms with Gasteiger partial charge < -0.3 is 5.73 Å². The van der Waals surface area contributed by atoms with Crippen molar-refractivity contribution in [3.63, 3.8) is 0 Å². The van der Waals surface area contributed by atoms with Crippen LogP contribution in [0.4, 0.5) is 0 Å². The second-order valence-electron chi connectivity index (χ2n) is 4.72. The highest BCUT2D eigenvalue weighted by molar-refractivity contribution is 7.99. The van der Waals surface area contributed by atoms with Crippen molar-refractivity contribution in [2.45, 2.75) is 36.9 Å². The van der Waals surface area contributed by atoms with Gasteiger partial charge in [0.2, 0.25) is 0 Å². The van der Waals surface area contributed by atoms with Gasteiger partial charge >= 0.3 is 11.1 Å². The monoisotopic (exact) mass is 270 g/mol. The van der Waals surface area contributed by atoms with Crippen molar-refractivity contribution in [2.75, 3.05) is 5.75 Å². The Morgan fingerprint density at radius 3 is 2.83 bits per heavy atom. The van der Waals surface area contributed by atoms with Crippen LogP contribution < -0.4 is 16.9 Å². The van der Waals surface area contributed by atoms with E-state index in [4.69, 9.17) is 5.73 Å². The first-order valence-electron chi connectivity index (χ1n) is 6.13. The molecular weight excluding hydrogens is 252 g/mol. The quantitative estimate of drug-likeness (QED) is 0.597. The summed E-state index contributed by atoms with van der Waals surface area (Å²) >= 11 is 1.42. The lowest BCUT2D eigenvalue weighted by molar-refractivity contribution is 0.462. The first-order valence-corrected chi connectivity index (χ1v) is 7.12. The fourth-order valence-corrected chi connectivity index (χ4v) is 3.28. The lowest BCUT2D eigenvalue weighted by Crippen LogP contribution is -2.35. The van der Waals surface area contributed by atoms with Crippen molar-refractivity contribution in [1.29, 1.82) is 0 Å². The largest absolute Gasteiger partial charge is 0.339 e. The number of H-pyrrole nitrogens is 1. The zero-order valence-corrected chi connectivity index (χ0v) is 11.2. The van der Waals surface area contributed by atoms with E-state index in [1.165, 1.54) is 42.1 Å². The van der Waals surface area contributed by atoms with E-state index in [2.05, 4.69) is 10.1 Å². The molecule has 0 saturated heterocycles. The molecule has 0 radical (unpaired) electrons. The van der Waals surface area contributed by atoms with Gasteiger partial charge in [-0.15, -0.1) is 0 Å². The minimum absolute atomic E-state index is 0.126. The van der Waals surface area contributed by atoms with Crippen LogP contribution in [0.3, 0.4) is 0 Å². The van der Waals surface area contributed by atoms with E-state index in [9.17, 15) is 9.59 Å². The third-order valence-corrected chi connectivity index (χ3v) is 4.53. The Kier molecular flexibility index (Phi) is 4.23. The van der Waals surface area contributed by atoms with Gasteiger partial charge in [0.25, 0.3) is 0 Å². The third-order valence-electron chi connectivity index (χ3n) is 3.36. The summed E-state index contributed by atoms with van der Waals surface area (Å²) in [4.78, 5) is 26.0. The molecule has 0 aliphatic heterocycles. The van der Waals surface area contributed by atoms with Crippen LogP contribution in [0.2, 0.25) is 0 Å². The van der Waals surface area contributed by atoms with Crippen LogP contribution in [-0.2, 0) is 7.05 Å². The highest BCUT2D eigenvalue weighted by Gasteiger charge is 2.22. The molecule has 1 saturated carbocycles. The summed E-state index contributed by atoms with van der Waals surface area (Å²) in [5.74, 6) is 1.30. The summed E-state index contributed by atoms with van der Waals surface area (Å²) in [7, 11) is 1.66. The topological polar surface area (TPSA) is 93.8 Å². The molecular formula is C11H18N4O2S. The van der Waals surface area contributed by atoms with Gasteiger partial charge in [0.1, 0.15) is 0 Å². The van der Waals surface area contributed by atoms with E-state index in [-0.39, 0.29) is 6.04 Å². The third kappa shape index (κ3) is 3.02. The maximum Gasteiger partial charge on any atom is 0.339 e. The molecule has 18 heavy (non-hydrogen) atoms. The highest BCUT2D eigenvalue weighted by Crippen LogP contribution is 2.28. The number of rotatable bonds is 4. The number of hydrogen-bond acceptors (Lipinski definition) is 5. The standard InChI is InChI=1S/C11H18N4O2S/c1-15-11(13-9(16)10(17)14-15)18-6-8(12)7-4-2-3-5-7/h7-8H,2-6,12H2,1H3,(H,14,17). The summed E-state index contributed by atoms with van der Waals surface area (Å²) in [6.45, 7) is 0. The Bertz CT molecular complexity index is 519. The van der Waals surface area contributed by atoms with Crippen LogP contribution in [0.25, 0.3) is 0 Å². The van der Waals surface area contributed by atoms with Gasteiger partial charge in [0.05, 0.1) is 0 Å². The number of nitrogens with two attached hydrogens (primary N) is 1. The number of hydrogen-bond donors (Lipinski definition) is 2. The summed E-state index contributed by atoms with van der Waals surface area (Å²) < 4.78 is 1.47. The number of aromatic nitrogens is 3. The summed E-state index contributed by atoms with van der Waals surface area (Å²) in [5, 5.41) is 2.93. The number of nitrogens with one attached hydrogen (secondary N) is 1. The molecule has 6 nitrogen and oxygen atoms in total. The molecule has 3 N–H and O–H groups in total. The maximum absolute atomic E-state index is 11.2. The molecule has 7 heteroatoms. The zero-order chi connectivity index (χ0) is 13.1. The Morgan fingerprint density at radius 1 is 1.50 bits per heavy atom. The zero-order valence-electron chi connectivity index (χ0n) is 10.4. The van der Waals surface area contributed by atoms with Crippen molar-refractivity contribution >= 4 is 11.8 Å². The average molecular weight is 270 g/mol. The van der Waals surface area contributed by atoms with Crippen LogP contribution in [0, 0.1) is 5.92 Å². The molecule has 1 aromatic rings. The Labute approximate surface area is 109 Å². The predicted octanol–water partition coefficient (Wildman–Crippen LogP) is 0.0782. The summed E-state index contributed by atoms with van der Waals surface area (Å²) in [6, 6.07) is 0.126. The summed E-state index contributed by atoms with van der Waals surface area (Å²) in [6.07, 6.45) is 4.91. The number of nitrogens with zero attached hydrogens (tertiary/aromatic N) is 2. The molecule has 1 aromatic heterocycles. The van der Waals surface area contributed by atoms with Crippen LogP contribution in [0.1, 0.15) is 25.7 Å². The van der Waals surface area contributed by atoms with Gasteiger partial charge in [0, 0.05) is 18.8 Å². The Morgan fingerprint density at radius 2 is 2.17 bits per heavy atom. The Balaban J connectivity index is 1.99. The van der Waals surface area contributed by atoms with Crippen molar-refractivity contribution in [1.82, 2.24) is 14.8 Å². The summed E-state index contributed by atoms with van der Waals surface area (Å²) in [5.41, 5.74) is 4.70. The normalized spacial score (nSPS) is 18.1. The van der Waals surface area contributed by atoms with Crippen molar-refractivity contribution < 1.29 is 0 Å². The van der Waals surface area contributed by atoms with Crippen LogP contribution in [0.15, 0.2) is 14.7 Å². The minimum atomic E-state index is -0.745. The molecule has 1 fully saturated rings. The molecule has 1 aliphatic rings. The molecule has 1 atom stereocenters. The van der Waals surface area contributed by atoms with Gasteiger partial charge in [-0.25, -0.2) is 0 Å². The van der Waals surface area contributed by atoms with E-state index in [1.807, 2.05) is 0 Å². The lowest BCUT2D eigenvalue weighted by Gasteiger charge is -2.18. The molecule has 0 aromatic carbocycles. The van der Waals surface area contributed by atoms with E-state index in [0.717, 1.165) is 5.75 Å². The lowest BCUT2D eigenvalue weighted by atomic mass is 10.0. The van der Waals surface area contributed by atoms with E-state index >= 15 is 0 Å². The number of aryl methyl sites for hydroxylation is 1. The van der Waals surface area contributed by atoms with Crippen molar-refractivity contribution in [3.8, 4) is 0 Å². The van der Waals surface area contributed by atoms with Crippen LogP contribution >= 0.6 is 11.8 Å². The fourth-order valence-electron chi connectivity index (χ4n) is 2.28. The molecule has 1 heterocycles. The van der Waals surface area contributed by atoms with Gasteiger partial charge in [-0.1, -0.05) is 24.6 Å². The van der Waals surface area contributed by atoms with Gasteiger partial charge in [0.15, 0.2) is 5.16 Å². The first-order chi connectivity index (χ1) is 8.58.